The van der Waals surface area contributed by atoms with Gasteiger partial charge in [-0.2, -0.15) is 10.4 Å². The van der Waals surface area contributed by atoms with Crippen LogP contribution in [0, 0.1) is 17.1 Å². The molecule has 0 saturated heterocycles. The molecule has 0 aliphatic heterocycles. The zero-order chi connectivity index (χ0) is 19.2. The van der Waals surface area contributed by atoms with Gasteiger partial charge in [0.05, 0.1) is 30.8 Å². The monoisotopic (exact) mass is 370 g/mol. The molecule has 2 N–H and O–H groups in total. The van der Waals surface area contributed by atoms with Gasteiger partial charge in [-0.25, -0.2) is 14.4 Å². The molecule has 2 heterocycles. The Balaban J connectivity index is 1.91. The average Bonchev–Trinajstić information content (AvgIpc) is 3.14. The summed E-state index contributed by atoms with van der Waals surface area (Å²) in [6.45, 7) is -0.0559. The first-order valence-corrected chi connectivity index (χ1v) is 7.68. The second-order valence-electron chi connectivity index (χ2n) is 5.22. The SMILES string of the molecule is COCOc1cc(F)cc(OC)c1-c1cc(Nc2cnc(C#N)cn2)n[nH]1. The van der Waals surface area contributed by atoms with Crippen molar-refractivity contribution in [2.24, 2.45) is 0 Å². The van der Waals surface area contributed by atoms with Crippen molar-refractivity contribution in [1.29, 1.82) is 5.26 Å². The number of nitriles is 1. The fraction of sp³-hybridized carbons (Fsp3) is 0.176. The zero-order valence-corrected chi connectivity index (χ0v) is 14.5. The van der Waals surface area contributed by atoms with Crippen LogP contribution >= 0.6 is 0 Å². The lowest BCUT2D eigenvalue weighted by atomic mass is 10.1. The van der Waals surface area contributed by atoms with Gasteiger partial charge in [-0.1, -0.05) is 0 Å². The van der Waals surface area contributed by atoms with E-state index in [2.05, 4.69) is 25.5 Å². The summed E-state index contributed by atoms with van der Waals surface area (Å²) in [6, 6.07) is 6.05. The standard InChI is InChI=1S/C17H15FN6O3/c1-25-9-27-14-4-10(18)3-13(26-2)17(14)12-5-15(24-23-12)22-16-8-20-11(6-19)7-21-16/h3-5,7-8H,9H2,1-2H3,(H2,21,22,23,24). The number of nitrogens with one attached hydrogen (secondary N) is 2. The Hall–Kier alpha value is -3.71. The van der Waals surface area contributed by atoms with E-state index in [0.29, 0.717) is 22.9 Å². The van der Waals surface area contributed by atoms with Crippen molar-refractivity contribution >= 4 is 11.6 Å². The molecule has 9 nitrogen and oxygen atoms in total. The number of methoxy groups -OCH3 is 2. The summed E-state index contributed by atoms with van der Waals surface area (Å²) >= 11 is 0. The van der Waals surface area contributed by atoms with Gasteiger partial charge in [0.15, 0.2) is 18.3 Å². The van der Waals surface area contributed by atoms with Crippen LogP contribution in [0.25, 0.3) is 11.3 Å². The van der Waals surface area contributed by atoms with Gasteiger partial charge in [-0.05, 0) is 0 Å². The van der Waals surface area contributed by atoms with Crippen LogP contribution in [0.15, 0.2) is 30.6 Å². The number of halogens is 1. The molecule has 0 aliphatic carbocycles. The van der Waals surface area contributed by atoms with Crippen LogP contribution in [0.2, 0.25) is 0 Å². The number of anilines is 2. The van der Waals surface area contributed by atoms with Gasteiger partial charge < -0.3 is 19.5 Å². The van der Waals surface area contributed by atoms with Gasteiger partial charge in [0.2, 0.25) is 0 Å². The Labute approximate surface area is 153 Å². The van der Waals surface area contributed by atoms with E-state index in [-0.39, 0.29) is 24.0 Å². The lowest BCUT2D eigenvalue weighted by Crippen LogP contribution is -2.02. The van der Waals surface area contributed by atoms with Crippen molar-refractivity contribution in [2.75, 3.05) is 26.3 Å². The Kier molecular flexibility index (Phi) is 5.44. The number of H-pyrrole nitrogens is 1. The van der Waals surface area contributed by atoms with Crippen molar-refractivity contribution < 1.29 is 18.6 Å². The van der Waals surface area contributed by atoms with E-state index in [0.717, 1.165) is 0 Å². The summed E-state index contributed by atoms with van der Waals surface area (Å²) in [5.41, 5.74) is 1.23. The van der Waals surface area contributed by atoms with Gasteiger partial charge in [0, 0.05) is 25.3 Å². The van der Waals surface area contributed by atoms with Crippen LogP contribution in [-0.2, 0) is 4.74 Å². The predicted molar refractivity (Wildman–Crippen MR) is 93.1 cm³/mol. The largest absolute Gasteiger partial charge is 0.496 e. The third-order valence-corrected chi connectivity index (χ3v) is 3.45. The summed E-state index contributed by atoms with van der Waals surface area (Å²) in [5.74, 6) is 0.853. The van der Waals surface area contributed by atoms with Crippen LogP contribution in [0.4, 0.5) is 16.0 Å². The van der Waals surface area contributed by atoms with Gasteiger partial charge >= 0.3 is 0 Å². The molecule has 10 heteroatoms. The molecule has 0 amide bonds. The predicted octanol–water partition coefficient (Wildman–Crippen LogP) is 2.61. The molecule has 0 saturated carbocycles. The summed E-state index contributed by atoms with van der Waals surface area (Å²) < 4.78 is 29.4. The van der Waals surface area contributed by atoms with Crippen molar-refractivity contribution in [3.8, 4) is 28.8 Å². The number of rotatable bonds is 7. The maximum absolute atomic E-state index is 13.8. The molecule has 0 fully saturated rings. The minimum absolute atomic E-state index is 0.0559. The molecule has 0 bridgehead atoms. The van der Waals surface area contributed by atoms with Crippen LogP contribution in [-0.4, -0.2) is 41.2 Å². The van der Waals surface area contributed by atoms with E-state index in [1.165, 1.54) is 38.7 Å². The molecule has 0 atom stereocenters. The molecular weight excluding hydrogens is 355 g/mol. The molecule has 0 unspecified atom stereocenters. The van der Waals surface area contributed by atoms with Crippen molar-refractivity contribution in [1.82, 2.24) is 20.2 Å². The Morgan fingerprint density at radius 3 is 2.63 bits per heavy atom. The number of nitrogens with zero attached hydrogens (tertiary/aromatic N) is 4. The van der Waals surface area contributed by atoms with E-state index < -0.39 is 5.82 Å². The third kappa shape index (κ3) is 4.10. The molecular formula is C17H15FN6O3. The third-order valence-electron chi connectivity index (χ3n) is 3.45. The molecule has 27 heavy (non-hydrogen) atoms. The lowest BCUT2D eigenvalue weighted by molar-refractivity contribution is 0.0512. The fourth-order valence-electron chi connectivity index (χ4n) is 2.32. The highest BCUT2D eigenvalue weighted by atomic mass is 19.1. The maximum atomic E-state index is 13.8. The van der Waals surface area contributed by atoms with Crippen LogP contribution in [0.3, 0.4) is 0 Å². The molecule has 1 aromatic carbocycles. The minimum atomic E-state index is -0.507. The normalized spacial score (nSPS) is 10.3. The second-order valence-corrected chi connectivity index (χ2v) is 5.22. The zero-order valence-electron chi connectivity index (χ0n) is 14.5. The lowest BCUT2D eigenvalue weighted by Gasteiger charge is -2.13. The molecule has 3 aromatic rings. The van der Waals surface area contributed by atoms with Gasteiger partial charge in [0.25, 0.3) is 0 Å². The van der Waals surface area contributed by atoms with Crippen LogP contribution in [0.1, 0.15) is 5.69 Å². The van der Waals surface area contributed by atoms with Crippen molar-refractivity contribution in [3.05, 3.63) is 42.1 Å². The molecule has 138 valence electrons. The number of aromatic nitrogens is 4. The fourth-order valence-corrected chi connectivity index (χ4v) is 2.32. The van der Waals surface area contributed by atoms with E-state index in [4.69, 9.17) is 19.5 Å². The number of ether oxygens (including phenoxy) is 3. The Morgan fingerprint density at radius 1 is 1.15 bits per heavy atom. The summed E-state index contributed by atoms with van der Waals surface area (Å²) in [5, 5.41) is 18.7. The van der Waals surface area contributed by atoms with Crippen LogP contribution in [0.5, 0.6) is 11.5 Å². The highest BCUT2D eigenvalue weighted by Gasteiger charge is 2.18. The highest BCUT2D eigenvalue weighted by Crippen LogP contribution is 2.39. The molecule has 0 radical (unpaired) electrons. The second kappa shape index (κ2) is 8.11. The number of benzene rings is 1. The molecule has 0 spiro atoms. The minimum Gasteiger partial charge on any atom is -0.496 e. The first-order valence-electron chi connectivity index (χ1n) is 7.68. The number of hydrogen-bond donors (Lipinski definition) is 2. The van der Waals surface area contributed by atoms with E-state index in [1.54, 1.807) is 6.07 Å². The summed E-state index contributed by atoms with van der Waals surface area (Å²) in [4.78, 5) is 7.99. The highest BCUT2D eigenvalue weighted by molar-refractivity contribution is 5.76. The van der Waals surface area contributed by atoms with E-state index >= 15 is 0 Å². The maximum Gasteiger partial charge on any atom is 0.188 e. The molecule has 3 rings (SSSR count). The van der Waals surface area contributed by atoms with Crippen LogP contribution < -0.4 is 14.8 Å². The van der Waals surface area contributed by atoms with Gasteiger partial charge in [-0.3, -0.25) is 5.10 Å². The van der Waals surface area contributed by atoms with Gasteiger partial charge in [0.1, 0.15) is 29.2 Å². The van der Waals surface area contributed by atoms with E-state index in [9.17, 15) is 4.39 Å². The van der Waals surface area contributed by atoms with Crippen molar-refractivity contribution in [3.63, 3.8) is 0 Å². The van der Waals surface area contributed by atoms with Crippen molar-refractivity contribution in [2.45, 2.75) is 0 Å². The quantitative estimate of drug-likeness (QED) is 0.609. The van der Waals surface area contributed by atoms with E-state index in [1.807, 2.05) is 6.07 Å². The average molecular weight is 370 g/mol. The van der Waals surface area contributed by atoms with Gasteiger partial charge in [-0.15, -0.1) is 0 Å². The Bertz CT molecular complexity index is 968. The Morgan fingerprint density at radius 2 is 1.96 bits per heavy atom. The summed E-state index contributed by atoms with van der Waals surface area (Å²) in [7, 11) is 2.90. The molecule has 2 aromatic heterocycles. The number of aromatic amines is 1. The first kappa shape index (κ1) is 18.1. The smallest absolute Gasteiger partial charge is 0.188 e. The first-order chi connectivity index (χ1) is 13.1. The summed E-state index contributed by atoms with van der Waals surface area (Å²) in [6.07, 6.45) is 2.76. The molecule has 0 aliphatic rings. The topological polar surface area (TPSA) is 118 Å². The number of hydrogen-bond acceptors (Lipinski definition) is 8.